The monoisotopic (exact) mass is 454 g/mol. The molecule has 0 spiro atoms. The third kappa shape index (κ3) is 3.85. The van der Waals surface area contributed by atoms with Gasteiger partial charge in [0, 0.05) is 44.0 Å². The summed E-state index contributed by atoms with van der Waals surface area (Å²) in [5.41, 5.74) is 4.73. The maximum Gasteiger partial charge on any atom is 0.257 e. The summed E-state index contributed by atoms with van der Waals surface area (Å²) in [5.74, 6) is 1.48. The van der Waals surface area contributed by atoms with Crippen LogP contribution in [0.5, 0.6) is 0 Å². The summed E-state index contributed by atoms with van der Waals surface area (Å²) in [6.07, 6.45) is 7.10. The molecule has 1 saturated carbocycles. The molecule has 1 aliphatic carbocycles. The zero-order chi connectivity index (χ0) is 23.1. The highest BCUT2D eigenvalue weighted by atomic mass is 16.3. The molecule has 1 aromatic carbocycles. The van der Waals surface area contributed by atoms with Gasteiger partial charge in [-0.3, -0.25) is 4.79 Å². The van der Waals surface area contributed by atoms with Gasteiger partial charge in [-0.2, -0.15) is 5.10 Å². The molecule has 4 aromatic rings. The van der Waals surface area contributed by atoms with Crippen LogP contribution in [0, 0.1) is 6.92 Å². The Kier molecular flexibility index (Phi) is 5.13. The summed E-state index contributed by atoms with van der Waals surface area (Å²) in [6, 6.07) is 14.1. The summed E-state index contributed by atoms with van der Waals surface area (Å²) in [6.45, 7) is 5.10. The van der Waals surface area contributed by atoms with E-state index in [9.17, 15) is 4.79 Å². The average molecular weight is 455 g/mol. The molecule has 0 radical (unpaired) electrons. The Labute approximate surface area is 197 Å². The molecule has 1 aliphatic heterocycles. The summed E-state index contributed by atoms with van der Waals surface area (Å²) < 4.78 is 7.22. The second-order valence-corrected chi connectivity index (χ2v) is 8.96. The molecule has 0 N–H and O–H groups in total. The zero-order valence-electron chi connectivity index (χ0n) is 19.1. The molecule has 0 bridgehead atoms. The van der Waals surface area contributed by atoms with Crippen LogP contribution < -0.4 is 4.90 Å². The lowest BCUT2D eigenvalue weighted by molar-refractivity contribution is 0.0745. The Morgan fingerprint density at radius 1 is 1.03 bits per heavy atom. The van der Waals surface area contributed by atoms with Gasteiger partial charge in [0.15, 0.2) is 5.76 Å². The number of aryl methyl sites for hydroxylation is 1. The van der Waals surface area contributed by atoms with Crippen LogP contribution in [0.4, 0.5) is 5.69 Å². The van der Waals surface area contributed by atoms with Crippen LogP contribution in [0.2, 0.25) is 0 Å². The van der Waals surface area contributed by atoms with Crippen LogP contribution in [0.1, 0.15) is 40.4 Å². The highest BCUT2D eigenvalue weighted by Crippen LogP contribution is 2.42. The minimum absolute atomic E-state index is 0.0406. The first kappa shape index (κ1) is 20.7. The van der Waals surface area contributed by atoms with E-state index in [1.54, 1.807) is 23.3 Å². The van der Waals surface area contributed by atoms with Crippen molar-refractivity contribution < 1.29 is 9.21 Å². The van der Waals surface area contributed by atoms with Gasteiger partial charge >= 0.3 is 0 Å². The first-order valence-electron chi connectivity index (χ1n) is 11.7. The van der Waals surface area contributed by atoms with E-state index in [-0.39, 0.29) is 5.91 Å². The Morgan fingerprint density at radius 3 is 2.53 bits per heavy atom. The van der Waals surface area contributed by atoms with Crippen molar-refractivity contribution in [3.8, 4) is 17.4 Å². The molecular weight excluding hydrogens is 428 g/mol. The van der Waals surface area contributed by atoms with Crippen LogP contribution >= 0.6 is 0 Å². The summed E-state index contributed by atoms with van der Waals surface area (Å²) in [7, 11) is 0. The van der Waals surface area contributed by atoms with Gasteiger partial charge in [-0.1, -0.05) is 17.7 Å². The summed E-state index contributed by atoms with van der Waals surface area (Å²) in [5, 5.41) is 4.56. The van der Waals surface area contributed by atoms with Crippen molar-refractivity contribution in [3.05, 3.63) is 77.9 Å². The SMILES string of the molecule is Cc1ccc(N2CCN(C(=O)c3cnn(-c4nccc(-c5ccco5)n4)c3C3CC3)CC2)cc1. The van der Waals surface area contributed by atoms with E-state index >= 15 is 0 Å². The van der Waals surface area contributed by atoms with Gasteiger partial charge in [0.25, 0.3) is 11.9 Å². The highest BCUT2D eigenvalue weighted by molar-refractivity contribution is 5.95. The van der Waals surface area contributed by atoms with E-state index in [0.29, 0.717) is 42.0 Å². The lowest BCUT2D eigenvalue weighted by Crippen LogP contribution is -2.48. The molecule has 8 heteroatoms. The Bertz CT molecular complexity index is 1300. The second-order valence-electron chi connectivity index (χ2n) is 8.96. The van der Waals surface area contributed by atoms with E-state index in [0.717, 1.165) is 31.6 Å². The Hall–Kier alpha value is -3.94. The average Bonchev–Trinajstić information content (AvgIpc) is 3.38. The van der Waals surface area contributed by atoms with E-state index in [1.807, 2.05) is 23.1 Å². The van der Waals surface area contributed by atoms with Crippen molar-refractivity contribution in [2.24, 2.45) is 0 Å². The normalized spacial score (nSPS) is 16.1. The molecule has 4 heterocycles. The number of hydrogen-bond donors (Lipinski definition) is 0. The first-order chi connectivity index (χ1) is 16.7. The fraction of sp³-hybridized carbons (Fsp3) is 0.308. The van der Waals surface area contributed by atoms with Crippen molar-refractivity contribution in [1.82, 2.24) is 24.6 Å². The molecule has 0 atom stereocenters. The quantitative estimate of drug-likeness (QED) is 0.452. The van der Waals surface area contributed by atoms with Gasteiger partial charge in [0.2, 0.25) is 0 Å². The molecule has 6 rings (SSSR count). The van der Waals surface area contributed by atoms with Crippen molar-refractivity contribution in [1.29, 1.82) is 0 Å². The lowest BCUT2D eigenvalue weighted by Gasteiger charge is -2.36. The molecule has 8 nitrogen and oxygen atoms in total. The van der Waals surface area contributed by atoms with Crippen molar-refractivity contribution >= 4 is 11.6 Å². The number of benzene rings is 1. The molecule has 2 fully saturated rings. The fourth-order valence-corrected chi connectivity index (χ4v) is 4.54. The maximum absolute atomic E-state index is 13.5. The number of hydrogen-bond acceptors (Lipinski definition) is 6. The van der Waals surface area contributed by atoms with E-state index in [1.165, 1.54) is 11.3 Å². The molecule has 34 heavy (non-hydrogen) atoms. The third-order valence-electron chi connectivity index (χ3n) is 6.57. The third-order valence-corrected chi connectivity index (χ3v) is 6.57. The zero-order valence-corrected chi connectivity index (χ0v) is 19.1. The predicted molar refractivity (Wildman–Crippen MR) is 128 cm³/mol. The van der Waals surface area contributed by atoms with E-state index in [2.05, 4.69) is 51.2 Å². The molecule has 3 aromatic heterocycles. The van der Waals surface area contributed by atoms with Gasteiger partial charge < -0.3 is 14.2 Å². The summed E-state index contributed by atoms with van der Waals surface area (Å²) in [4.78, 5) is 26.9. The molecule has 0 unspecified atom stereocenters. The molecule has 172 valence electrons. The van der Waals surface area contributed by atoms with E-state index < -0.39 is 0 Å². The van der Waals surface area contributed by atoms with Crippen LogP contribution in [0.25, 0.3) is 17.4 Å². The summed E-state index contributed by atoms with van der Waals surface area (Å²) >= 11 is 0. The maximum atomic E-state index is 13.5. The van der Waals surface area contributed by atoms with E-state index in [4.69, 9.17) is 4.42 Å². The van der Waals surface area contributed by atoms with Crippen LogP contribution in [0.15, 0.2) is 65.5 Å². The van der Waals surface area contributed by atoms with Crippen LogP contribution in [-0.4, -0.2) is 56.7 Å². The van der Waals surface area contributed by atoms with Gasteiger partial charge in [0.05, 0.1) is 23.7 Å². The van der Waals surface area contributed by atoms with Gasteiger partial charge in [-0.25, -0.2) is 14.6 Å². The number of nitrogens with zero attached hydrogens (tertiary/aromatic N) is 6. The predicted octanol–water partition coefficient (Wildman–Crippen LogP) is 4.07. The molecular formula is C26H26N6O2. The van der Waals surface area contributed by atoms with Gasteiger partial charge in [0.1, 0.15) is 5.69 Å². The lowest BCUT2D eigenvalue weighted by atomic mass is 10.1. The van der Waals surface area contributed by atoms with Crippen LogP contribution in [0.3, 0.4) is 0 Å². The number of carbonyl (C=O) groups is 1. The standard InChI is InChI=1S/C26H26N6O2/c1-18-4-8-20(9-5-18)30-12-14-31(15-13-30)25(33)21-17-28-32(24(21)19-6-7-19)26-27-11-10-22(29-26)23-3-2-16-34-23/h2-5,8-11,16-17,19H,6-7,12-15H2,1H3. The van der Waals surface area contributed by atoms with Crippen molar-refractivity contribution in [2.45, 2.75) is 25.7 Å². The number of carbonyl (C=O) groups excluding carboxylic acids is 1. The number of piperazine rings is 1. The topological polar surface area (TPSA) is 80.3 Å². The number of aromatic nitrogens is 4. The first-order valence-corrected chi connectivity index (χ1v) is 11.7. The molecule has 1 amide bonds. The highest BCUT2D eigenvalue weighted by Gasteiger charge is 2.35. The Balaban J connectivity index is 1.24. The van der Waals surface area contributed by atoms with Gasteiger partial charge in [-0.15, -0.1) is 0 Å². The molecule has 1 saturated heterocycles. The number of amides is 1. The second kappa shape index (κ2) is 8.44. The van der Waals surface area contributed by atoms with Gasteiger partial charge in [-0.05, 0) is 50.1 Å². The van der Waals surface area contributed by atoms with Crippen molar-refractivity contribution in [2.75, 3.05) is 31.1 Å². The van der Waals surface area contributed by atoms with Crippen LogP contribution in [-0.2, 0) is 0 Å². The largest absolute Gasteiger partial charge is 0.463 e. The number of furan rings is 1. The fourth-order valence-electron chi connectivity index (χ4n) is 4.54. The minimum Gasteiger partial charge on any atom is -0.463 e. The molecule has 2 aliphatic rings. The van der Waals surface area contributed by atoms with Crippen molar-refractivity contribution in [3.63, 3.8) is 0 Å². The number of anilines is 1. The number of rotatable bonds is 5. The minimum atomic E-state index is 0.0406. The Morgan fingerprint density at radius 2 is 1.82 bits per heavy atom. The smallest absolute Gasteiger partial charge is 0.257 e.